The van der Waals surface area contributed by atoms with Gasteiger partial charge in [0.1, 0.15) is 23.3 Å². The average Bonchev–Trinajstić information content (AvgIpc) is 3.83. The van der Waals surface area contributed by atoms with Crippen LogP contribution in [0.3, 0.4) is 0 Å². The van der Waals surface area contributed by atoms with Gasteiger partial charge in [-0.3, -0.25) is 19.2 Å². The molecule has 13 nitrogen and oxygen atoms in total. The van der Waals surface area contributed by atoms with Crippen molar-refractivity contribution in [3.05, 3.63) is 0 Å². The van der Waals surface area contributed by atoms with Crippen LogP contribution in [-0.2, 0) is 33.5 Å². The first-order valence-corrected chi connectivity index (χ1v) is 16.4. The number of ketones is 2. The number of hydrogen-bond donors (Lipinski definition) is 2. The zero-order valence-electron chi connectivity index (χ0n) is 31.0. The minimum absolute atomic E-state index is 0.0670. The SMILES string of the molecule is CC(C)[C@H](N=C=O)C(=O)C1CC1.CC(C)[C@H](NC(=O)OC(C)(C)C)C(=O)C1CC1.CON(C)C(=O)[C@@H](NC(=O)OC(C)(C)C)C(C)C. The topological polar surface area (TPSA) is 170 Å². The van der Waals surface area contributed by atoms with E-state index in [9.17, 15) is 28.8 Å². The quantitative estimate of drug-likeness (QED) is 0.157. The molecule has 2 aliphatic carbocycles. The van der Waals surface area contributed by atoms with Crippen LogP contribution in [0.5, 0.6) is 0 Å². The van der Waals surface area contributed by atoms with Crippen molar-refractivity contribution in [2.45, 2.75) is 138 Å². The van der Waals surface area contributed by atoms with E-state index in [1.807, 2.05) is 41.5 Å². The number of rotatable bonds is 12. The van der Waals surface area contributed by atoms with Gasteiger partial charge in [-0.1, -0.05) is 41.5 Å². The molecule has 0 spiro atoms. The summed E-state index contributed by atoms with van der Waals surface area (Å²) in [5, 5.41) is 6.32. The summed E-state index contributed by atoms with van der Waals surface area (Å²) in [6, 6.07) is -1.54. The molecule has 2 N–H and O–H groups in total. The lowest BCUT2D eigenvalue weighted by Gasteiger charge is -2.27. The Hall–Kier alpha value is -3.31. The molecule has 3 atom stereocenters. The van der Waals surface area contributed by atoms with Crippen LogP contribution in [-0.4, -0.2) is 84.3 Å². The third-order valence-electron chi connectivity index (χ3n) is 6.91. The van der Waals surface area contributed by atoms with Gasteiger partial charge in [0, 0.05) is 18.9 Å². The molecule has 2 aliphatic rings. The van der Waals surface area contributed by atoms with Gasteiger partial charge < -0.3 is 20.1 Å². The molecule has 2 saturated carbocycles. The van der Waals surface area contributed by atoms with Crippen LogP contribution in [0.15, 0.2) is 4.99 Å². The highest BCUT2D eigenvalue weighted by Gasteiger charge is 2.38. The van der Waals surface area contributed by atoms with E-state index in [4.69, 9.17) is 14.3 Å². The number of nitrogens with zero attached hydrogens (tertiary/aromatic N) is 2. The van der Waals surface area contributed by atoms with Crippen molar-refractivity contribution in [3.63, 3.8) is 0 Å². The van der Waals surface area contributed by atoms with Crippen LogP contribution in [0.2, 0.25) is 0 Å². The van der Waals surface area contributed by atoms with Gasteiger partial charge >= 0.3 is 12.2 Å². The Bertz CT molecular complexity index is 1090. The summed E-state index contributed by atoms with van der Waals surface area (Å²) >= 11 is 0. The zero-order chi connectivity index (χ0) is 36.9. The molecule has 0 heterocycles. The maximum atomic E-state index is 12.0. The van der Waals surface area contributed by atoms with Crippen LogP contribution >= 0.6 is 0 Å². The van der Waals surface area contributed by atoms with E-state index in [1.54, 1.807) is 41.5 Å². The van der Waals surface area contributed by atoms with Gasteiger partial charge in [0.05, 0.1) is 13.2 Å². The van der Waals surface area contributed by atoms with E-state index in [0.717, 1.165) is 30.7 Å². The molecule has 3 amide bonds. The summed E-state index contributed by atoms with van der Waals surface area (Å²) < 4.78 is 10.3. The van der Waals surface area contributed by atoms with Gasteiger partial charge in [-0.2, -0.15) is 4.99 Å². The second-order valence-corrected chi connectivity index (χ2v) is 15.0. The monoisotopic (exact) mass is 668 g/mol. The summed E-state index contributed by atoms with van der Waals surface area (Å²) in [6.45, 7) is 22.0. The van der Waals surface area contributed by atoms with Gasteiger partial charge in [-0.15, -0.1) is 0 Å². The number of ether oxygens (including phenoxy) is 2. The molecule has 0 radical (unpaired) electrons. The van der Waals surface area contributed by atoms with E-state index in [-0.39, 0.29) is 47.1 Å². The Kier molecular flexibility index (Phi) is 18.1. The zero-order valence-corrected chi connectivity index (χ0v) is 31.0. The van der Waals surface area contributed by atoms with Gasteiger partial charge in [-0.25, -0.2) is 19.4 Å². The number of amides is 3. The lowest BCUT2D eigenvalue weighted by atomic mass is 9.97. The van der Waals surface area contributed by atoms with Crippen molar-refractivity contribution in [2.24, 2.45) is 34.6 Å². The van der Waals surface area contributed by atoms with Crippen molar-refractivity contribution in [1.82, 2.24) is 15.7 Å². The first kappa shape index (κ1) is 43.7. The number of likely N-dealkylation sites (N-methyl/N-ethyl adjacent to an activating group) is 1. The molecule has 0 saturated heterocycles. The molecule has 270 valence electrons. The lowest BCUT2D eigenvalue weighted by molar-refractivity contribution is -0.172. The van der Waals surface area contributed by atoms with Gasteiger partial charge in [0.2, 0.25) is 6.08 Å². The number of hydrogen-bond acceptors (Lipinski definition) is 10. The Morgan fingerprint density at radius 1 is 0.702 bits per heavy atom. The van der Waals surface area contributed by atoms with E-state index in [2.05, 4.69) is 15.6 Å². The van der Waals surface area contributed by atoms with Gasteiger partial charge in [0.15, 0.2) is 11.6 Å². The molecule has 2 rings (SSSR count). The number of alkyl carbamates (subject to hydrolysis) is 2. The Morgan fingerprint density at radius 2 is 1.09 bits per heavy atom. The highest BCUT2D eigenvalue weighted by Crippen LogP contribution is 2.33. The number of Topliss-reactive ketones (excluding diaryl/α,β-unsaturated/α-hetero) is 2. The number of nitrogens with one attached hydrogen (secondary N) is 2. The average molecular weight is 669 g/mol. The molecule has 0 aromatic carbocycles. The van der Waals surface area contributed by atoms with Crippen LogP contribution in [0.25, 0.3) is 0 Å². The maximum absolute atomic E-state index is 12.0. The highest BCUT2D eigenvalue weighted by molar-refractivity contribution is 5.91. The molecule has 0 unspecified atom stereocenters. The standard InChI is InChI=1S/C13H23NO3.C12H24N2O4.C9H13NO2/c1-8(2)10(11(15)9-6-7-9)14-12(16)17-13(3,4)5;1-8(2)9(10(15)14(6)17-7)13-11(16)18-12(3,4)5;1-6(2)8(10-5-11)9(12)7-3-4-7/h8-10H,6-7H2,1-5H3,(H,14,16);8-9H,1-7H3,(H,13,16);6-8H,3-4H2,1-2H3/t10-;9-;8-/m000/s1. The summed E-state index contributed by atoms with van der Waals surface area (Å²) in [7, 11) is 2.89. The van der Waals surface area contributed by atoms with Crippen LogP contribution in [0.1, 0.15) is 109 Å². The van der Waals surface area contributed by atoms with Gasteiger partial charge in [0.25, 0.3) is 5.91 Å². The van der Waals surface area contributed by atoms with Crippen LogP contribution in [0.4, 0.5) is 9.59 Å². The molecule has 0 aromatic heterocycles. The van der Waals surface area contributed by atoms with E-state index in [0.29, 0.717) is 0 Å². The summed E-state index contributed by atoms with van der Waals surface area (Å²) in [5.41, 5.74) is -1.13. The number of isocyanates is 1. The Labute approximate surface area is 281 Å². The van der Waals surface area contributed by atoms with Gasteiger partial charge in [-0.05, 0) is 85.0 Å². The van der Waals surface area contributed by atoms with Crippen molar-refractivity contribution in [2.75, 3.05) is 14.2 Å². The number of carbonyl (C=O) groups is 5. The van der Waals surface area contributed by atoms with Crippen molar-refractivity contribution in [1.29, 1.82) is 0 Å². The van der Waals surface area contributed by atoms with E-state index < -0.39 is 41.5 Å². The number of aliphatic imine (C=N–C) groups is 1. The highest BCUT2D eigenvalue weighted by atomic mass is 16.7. The molecule has 13 heteroatoms. The van der Waals surface area contributed by atoms with E-state index in [1.165, 1.54) is 20.2 Å². The second kappa shape index (κ2) is 19.5. The summed E-state index contributed by atoms with van der Waals surface area (Å²) in [6.07, 6.45) is 4.20. The predicted molar refractivity (Wildman–Crippen MR) is 178 cm³/mol. The maximum Gasteiger partial charge on any atom is 0.408 e. The van der Waals surface area contributed by atoms with Crippen molar-refractivity contribution >= 4 is 35.7 Å². The first-order chi connectivity index (χ1) is 21.4. The fraction of sp³-hybridized carbons (Fsp3) is 0.824. The smallest absolute Gasteiger partial charge is 0.408 e. The van der Waals surface area contributed by atoms with E-state index >= 15 is 0 Å². The molecule has 0 aromatic rings. The third-order valence-corrected chi connectivity index (χ3v) is 6.91. The first-order valence-electron chi connectivity index (χ1n) is 16.4. The predicted octanol–water partition coefficient (Wildman–Crippen LogP) is 5.40. The minimum Gasteiger partial charge on any atom is -0.444 e. The lowest BCUT2D eigenvalue weighted by Crippen LogP contribution is -2.51. The largest absolute Gasteiger partial charge is 0.444 e. The summed E-state index contributed by atoms with van der Waals surface area (Å²) in [4.78, 5) is 77.0. The molecule has 0 bridgehead atoms. The third kappa shape index (κ3) is 18.6. The number of hydroxylamine groups is 2. The Balaban J connectivity index is 0.000000688. The second-order valence-electron chi connectivity index (χ2n) is 15.0. The fourth-order valence-corrected chi connectivity index (χ4v) is 4.06. The van der Waals surface area contributed by atoms with Crippen molar-refractivity contribution < 1.29 is 43.1 Å². The Morgan fingerprint density at radius 3 is 1.38 bits per heavy atom. The van der Waals surface area contributed by atoms with Crippen LogP contribution < -0.4 is 10.6 Å². The van der Waals surface area contributed by atoms with Crippen LogP contribution in [0, 0.1) is 29.6 Å². The number of carbonyl (C=O) groups excluding carboxylic acids is 6. The molecule has 2 fully saturated rings. The molecule has 47 heavy (non-hydrogen) atoms. The normalized spacial score (nSPS) is 16.2. The molecular formula is C34H60N4O9. The molecule has 0 aliphatic heterocycles. The molecular weight excluding hydrogens is 608 g/mol. The van der Waals surface area contributed by atoms with Crippen molar-refractivity contribution in [3.8, 4) is 0 Å². The minimum atomic E-state index is -0.676. The fourth-order valence-electron chi connectivity index (χ4n) is 4.06. The summed E-state index contributed by atoms with van der Waals surface area (Å²) in [5.74, 6) is 0.405.